The van der Waals surface area contributed by atoms with Crippen molar-refractivity contribution in [1.82, 2.24) is 0 Å². The first-order valence-corrected chi connectivity index (χ1v) is 16.2. The summed E-state index contributed by atoms with van der Waals surface area (Å²) in [6.07, 6.45) is 0. The third-order valence-corrected chi connectivity index (χ3v) is 9.88. The summed E-state index contributed by atoms with van der Waals surface area (Å²) >= 11 is 0. The van der Waals surface area contributed by atoms with E-state index in [4.69, 9.17) is 0 Å². The minimum Gasteiger partial charge on any atom is -0.508 e. The molecule has 45 heavy (non-hydrogen) atoms. The van der Waals surface area contributed by atoms with Crippen molar-refractivity contribution in [3.8, 4) is 11.5 Å². The Morgan fingerprint density at radius 2 is 1.04 bits per heavy atom. The van der Waals surface area contributed by atoms with Gasteiger partial charge < -0.3 is 10.2 Å². The van der Waals surface area contributed by atoms with Crippen LogP contribution in [0.5, 0.6) is 11.5 Å². The van der Waals surface area contributed by atoms with E-state index in [1.165, 1.54) is 33.0 Å². The Bertz CT molecular complexity index is 1820. The van der Waals surface area contributed by atoms with Crippen molar-refractivity contribution in [1.29, 1.82) is 0 Å². The smallest absolute Gasteiger partial charge is 0.123 e. The fraction of sp³-hybridized carbons (Fsp3) is 0.349. The zero-order valence-corrected chi connectivity index (χ0v) is 28.8. The summed E-state index contributed by atoms with van der Waals surface area (Å²) < 4.78 is 0. The molecule has 5 aromatic carbocycles. The lowest BCUT2D eigenvalue weighted by molar-refractivity contribution is 0.345. The molecule has 0 saturated carbocycles. The fourth-order valence-corrected chi connectivity index (χ4v) is 6.92. The van der Waals surface area contributed by atoms with Crippen molar-refractivity contribution in [2.45, 2.75) is 91.4 Å². The maximum absolute atomic E-state index is 12.1. The third-order valence-electron chi connectivity index (χ3n) is 9.88. The van der Waals surface area contributed by atoms with Crippen LogP contribution in [0.1, 0.15) is 114 Å². The Kier molecular flexibility index (Phi) is 8.19. The topological polar surface area (TPSA) is 40.5 Å². The van der Waals surface area contributed by atoms with Crippen LogP contribution < -0.4 is 0 Å². The van der Waals surface area contributed by atoms with Crippen molar-refractivity contribution in [3.63, 3.8) is 0 Å². The van der Waals surface area contributed by atoms with Gasteiger partial charge in [-0.1, -0.05) is 160 Å². The summed E-state index contributed by atoms with van der Waals surface area (Å²) in [7, 11) is 0. The lowest BCUT2D eigenvalue weighted by Gasteiger charge is -2.37. The van der Waals surface area contributed by atoms with Gasteiger partial charge in [0.15, 0.2) is 0 Å². The average molecular weight is 599 g/mol. The number of benzene rings is 5. The third kappa shape index (κ3) is 6.12. The van der Waals surface area contributed by atoms with Crippen molar-refractivity contribution in [2.75, 3.05) is 0 Å². The maximum atomic E-state index is 12.1. The number of fused-ring (bicyclic) bond motifs is 1. The molecular weight excluding hydrogens is 548 g/mol. The Balaban J connectivity index is 1.72. The van der Waals surface area contributed by atoms with E-state index in [0.29, 0.717) is 5.75 Å². The van der Waals surface area contributed by atoms with Crippen LogP contribution in [0.4, 0.5) is 0 Å². The van der Waals surface area contributed by atoms with Gasteiger partial charge >= 0.3 is 0 Å². The minimum atomic E-state index is -0.343. The van der Waals surface area contributed by atoms with E-state index in [0.717, 1.165) is 16.7 Å². The monoisotopic (exact) mass is 598 g/mol. The van der Waals surface area contributed by atoms with E-state index in [2.05, 4.69) is 148 Å². The lowest BCUT2D eigenvalue weighted by Crippen LogP contribution is -2.26. The molecule has 2 nitrogen and oxygen atoms in total. The molecule has 0 aliphatic carbocycles. The predicted molar refractivity (Wildman–Crippen MR) is 191 cm³/mol. The molecule has 0 heterocycles. The summed E-state index contributed by atoms with van der Waals surface area (Å²) in [5.74, 6) is 0.650. The standard InChI is InChI=1S/C43H50O2/c1-40(2,3)37-27-32(43(9,10)31-18-14-17-30(25-31)42(7,8)29-21-23-33(44)24-22-29)26-36(39(37)45)38(41(4,5)6)35-20-13-16-28-15-11-12-19-34(28)35/h11-27,38,44-45H,1-10H3. The molecule has 1 atom stereocenters. The van der Waals surface area contributed by atoms with Gasteiger partial charge in [-0.25, -0.2) is 0 Å². The molecule has 0 aliphatic heterocycles. The summed E-state index contributed by atoms with van der Waals surface area (Å²) in [5.41, 5.74) is 6.97. The van der Waals surface area contributed by atoms with Crippen LogP contribution >= 0.6 is 0 Å². The molecule has 2 N–H and O–H groups in total. The van der Waals surface area contributed by atoms with E-state index in [1.807, 2.05) is 12.1 Å². The van der Waals surface area contributed by atoms with E-state index in [-0.39, 0.29) is 33.3 Å². The normalized spacial score (nSPS) is 13.6. The molecule has 0 amide bonds. The number of phenols is 2. The van der Waals surface area contributed by atoms with Crippen molar-refractivity contribution in [2.24, 2.45) is 5.41 Å². The van der Waals surface area contributed by atoms with Crippen LogP contribution in [-0.4, -0.2) is 10.2 Å². The number of phenolic OH excluding ortho intramolecular Hbond substituents is 2. The molecule has 5 aromatic rings. The number of rotatable bonds is 6. The van der Waals surface area contributed by atoms with E-state index >= 15 is 0 Å². The molecule has 5 rings (SSSR count). The molecule has 2 heteroatoms. The molecular formula is C43H50O2. The van der Waals surface area contributed by atoms with Crippen LogP contribution in [0.3, 0.4) is 0 Å². The van der Waals surface area contributed by atoms with Gasteiger partial charge in [0.1, 0.15) is 11.5 Å². The second-order valence-corrected chi connectivity index (χ2v) is 16.0. The van der Waals surface area contributed by atoms with E-state index in [9.17, 15) is 10.2 Å². The van der Waals surface area contributed by atoms with Crippen LogP contribution in [0.2, 0.25) is 0 Å². The first kappa shape index (κ1) is 32.4. The molecule has 0 radical (unpaired) electrons. The lowest BCUT2D eigenvalue weighted by atomic mass is 9.67. The number of hydrogen-bond acceptors (Lipinski definition) is 2. The van der Waals surface area contributed by atoms with Gasteiger partial charge in [0.2, 0.25) is 0 Å². The van der Waals surface area contributed by atoms with Crippen molar-refractivity contribution >= 4 is 10.8 Å². The van der Waals surface area contributed by atoms with Crippen LogP contribution in [0, 0.1) is 5.41 Å². The summed E-state index contributed by atoms with van der Waals surface area (Å²) in [5, 5.41) is 24.5. The zero-order valence-electron chi connectivity index (χ0n) is 28.8. The van der Waals surface area contributed by atoms with Gasteiger partial charge in [0.05, 0.1) is 0 Å². The minimum absolute atomic E-state index is 0.0276. The molecule has 0 aliphatic rings. The van der Waals surface area contributed by atoms with Gasteiger partial charge in [-0.2, -0.15) is 0 Å². The Morgan fingerprint density at radius 1 is 0.489 bits per heavy atom. The Morgan fingerprint density at radius 3 is 1.64 bits per heavy atom. The highest BCUT2D eigenvalue weighted by Gasteiger charge is 2.36. The zero-order chi connectivity index (χ0) is 32.9. The van der Waals surface area contributed by atoms with Crippen LogP contribution in [0.15, 0.2) is 103 Å². The average Bonchev–Trinajstić information content (AvgIpc) is 2.97. The van der Waals surface area contributed by atoms with Crippen molar-refractivity contribution < 1.29 is 10.2 Å². The maximum Gasteiger partial charge on any atom is 0.123 e. The van der Waals surface area contributed by atoms with Crippen molar-refractivity contribution in [3.05, 3.63) is 142 Å². The van der Waals surface area contributed by atoms with Gasteiger partial charge in [-0.15, -0.1) is 0 Å². The summed E-state index contributed by atoms with van der Waals surface area (Å²) in [6, 6.07) is 36.1. The first-order valence-electron chi connectivity index (χ1n) is 16.2. The fourth-order valence-electron chi connectivity index (χ4n) is 6.92. The second kappa shape index (κ2) is 11.4. The Labute approximate surface area is 270 Å². The largest absolute Gasteiger partial charge is 0.508 e. The quantitative estimate of drug-likeness (QED) is 0.204. The highest BCUT2D eigenvalue weighted by atomic mass is 16.3. The Hall–Kier alpha value is -4.04. The van der Waals surface area contributed by atoms with Gasteiger partial charge in [0.25, 0.3) is 0 Å². The highest BCUT2D eigenvalue weighted by Crippen LogP contribution is 2.50. The van der Waals surface area contributed by atoms with Gasteiger partial charge in [0, 0.05) is 22.3 Å². The molecule has 234 valence electrons. The SMILES string of the molecule is CC(C)(C)c1cc(C(C)(C)c2cccc(C(C)(C)c3ccc(O)cc3)c2)cc(C(c2cccc3ccccc23)C(C)(C)C)c1O. The van der Waals surface area contributed by atoms with Crippen LogP contribution in [-0.2, 0) is 16.2 Å². The first-order chi connectivity index (χ1) is 20.9. The second-order valence-electron chi connectivity index (χ2n) is 16.0. The molecule has 0 fully saturated rings. The molecule has 0 bridgehead atoms. The van der Waals surface area contributed by atoms with Gasteiger partial charge in [-0.05, 0) is 67.1 Å². The predicted octanol–water partition coefficient (Wildman–Crippen LogP) is 11.4. The van der Waals surface area contributed by atoms with E-state index in [1.54, 1.807) is 12.1 Å². The number of aromatic hydroxyl groups is 2. The molecule has 0 aromatic heterocycles. The van der Waals surface area contributed by atoms with Gasteiger partial charge in [-0.3, -0.25) is 0 Å². The van der Waals surface area contributed by atoms with E-state index < -0.39 is 0 Å². The summed E-state index contributed by atoms with van der Waals surface area (Å²) in [6.45, 7) is 22.5. The molecule has 0 saturated heterocycles. The molecule has 1 unspecified atom stereocenters. The summed E-state index contributed by atoms with van der Waals surface area (Å²) in [4.78, 5) is 0. The number of hydrogen-bond donors (Lipinski definition) is 2. The highest BCUT2D eigenvalue weighted by molar-refractivity contribution is 5.87. The molecule has 0 spiro atoms. The van der Waals surface area contributed by atoms with Crippen LogP contribution in [0.25, 0.3) is 10.8 Å².